The zero-order valence-corrected chi connectivity index (χ0v) is 19.5. The van der Waals surface area contributed by atoms with Crippen LogP contribution in [0.2, 0.25) is 0 Å². The first-order chi connectivity index (χ1) is 16.5. The van der Waals surface area contributed by atoms with E-state index in [1.807, 2.05) is 31.3 Å². The molecule has 1 aromatic carbocycles. The number of nitriles is 1. The van der Waals surface area contributed by atoms with Gasteiger partial charge in [0, 0.05) is 47.8 Å². The van der Waals surface area contributed by atoms with Gasteiger partial charge in [0.25, 0.3) is 0 Å². The highest BCUT2D eigenvalue weighted by Gasteiger charge is 2.35. The van der Waals surface area contributed by atoms with Gasteiger partial charge in [-0.1, -0.05) is 6.92 Å². The van der Waals surface area contributed by atoms with E-state index in [-0.39, 0.29) is 12.0 Å². The number of nitrogens with zero attached hydrogens (tertiary/aromatic N) is 5. The first-order valence-electron chi connectivity index (χ1n) is 11.6. The minimum atomic E-state index is -0.264. The van der Waals surface area contributed by atoms with Crippen molar-refractivity contribution in [3.8, 4) is 17.3 Å². The molecule has 8 heteroatoms. The fourth-order valence-electron chi connectivity index (χ4n) is 4.73. The van der Waals surface area contributed by atoms with Crippen molar-refractivity contribution in [1.82, 2.24) is 15.0 Å². The Kier molecular flexibility index (Phi) is 5.90. The molecule has 5 rings (SSSR count). The second kappa shape index (κ2) is 9.01. The minimum absolute atomic E-state index is 0.0999. The molecule has 8 nitrogen and oxygen atoms in total. The van der Waals surface area contributed by atoms with Crippen LogP contribution in [0.3, 0.4) is 0 Å². The number of hydrogen-bond acceptors (Lipinski definition) is 8. The molecular formula is C26H28N6O2. The molecule has 2 N–H and O–H groups in total. The molecule has 1 aliphatic heterocycles. The predicted molar refractivity (Wildman–Crippen MR) is 130 cm³/mol. The summed E-state index contributed by atoms with van der Waals surface area (Å²) in [6.45, 7) is 7.07. The van der Waals surface area contributed by atoms with Gasteiger partial charge in [0.2, 0.25) is 5.95 Å². The SMILES string of the molecule is Cc1cc(N2CCOCC2)c(C#N)cc1Nc1nccc(-c2cnc3c(c2)C(C)(CO)CC3)n1. The Balaban J connectivity index is 1.43. The van der Waals surface area contributed by atoms with E-state index in [0.29, 0.717) is 24.7 Å². The number of fused-ring (bicyclic) bond motifs is 1. The Labute approximate surface area is 199 Å². The monoisotopic (exact) mass is 456 g/mol. The third-order valence-electron chi connectivity index (χ3n) is 6.90. The van der Waals surface area contributed by atoms with Gasteiger partial charge in [-0.25, -0.2) is 9.97 Å². The Morgan fingerprint density at radius 2 is 2.06 bits per heavy atom. The number of aliphatic hydroxyl groups is 1. The van der Waals surface area contributed by atoms with Crippen molar-refractivity contribution in [3.05, 3.63) is 59.0 Å². The van der Waals surface area contributed by atoms with E-state index in [1.165, 1.54) is 0 Å². The Morgan fingerprint density at radius 1 is 1.24 bits per heavy atom. The molecule has 34 heavy (non-hydrogen) atoms. The summed E-state index contributed by atoms with van der Waals surface area (Å²) in [6, 6.07) is 10.2. The standard InChI is InChI=1S/C26H28N6O2/c1-17-11-24(32-7-9-34-10-8-32)18(14-27)13-23(17)31-25-28-6-4-21(30-25)19-12-20-22(29-15-19)3-5-26(20,2)16-33/h4,6,11-13,15,33H,3,5,7-10,16H2,1-2H3,(H,28,30,31). The number of nitrogens with one attached hydrogen (secondary N) is 1. The number of morpholine rings is 1. The van der Waals surface area contributed by atoms with Gasteiger partial charge in [-0.2, -0.15) is 5.26 Å². The lowest BCUT2D eigenvalue weighted by molar-refractivity contribution is 0.122. The van der Waals surface area contributed by atoms with Gasteiger partial charge in [-0.05, 0) is 55.2 Å². The Bertz CT molecular complexity index is 1260. The van der Waals surface area contributed by atoms with E-state index in [9.17, 15) is 10.4 Å². The number of pyridine rings is 1. The van der Waals surface area contributed by atoms with Crippen molar-refractivity contribution in [3.63, 3.8) is 0 Å². The molecule has 174 valence electrons. The van der Waals surface area contributed by atoms with E-state index in [4.69, 9.17) is 9.72 Å². The molecule has 0 spiro atoms. The zero-order valence-electron chi connectivity index (χ0n) is 19.5. The van der Waals surface area contributed by atoms with Crippen LogP contribution in [-0.2, 0) is 16.6 Å². The first-order valence-corrected chi connectivity index (χ1v) is 11.6. The van der Waals surface area contributed by atoms with Crippen molar-refractivity contribution < 1.29 is 9.84 Å². The topological polar surface area (TPSA) is 107 Å². The van der Waals surface area contributed by atoms with Crippen molar-refractivity contribution >= 4 is 17.3 Å². The van der Waals surface area contributed by atoms with Crippen molar-refractivity contribution in [2.75, 3.05) is 43.1 Å². The van der Waals surface area contributed by atoms with Gasteiger partial charge in [-0.15, -0.1) is 0 Å². The molecule has 1 atom stereocenters. The highest BCUT2D eigenvalue weighted by atomic mass is 16.5. The second-order valence-electron chi connectivity index (χ2n) is 9.22. The van der Waals surface area contributed by atoms with E-state index in [1.54, 1.807) is 6.20 Å². The fourth-order valence-corrected chi connectivity index (χ4v) is 4.73. The average molecular weight is 457 g/mol. The quantitative estimate of drug-likeness (QED) is 0.601. The highest BCUT2D eigenvalue weighted by Crippen LogP contribution is 2.39. The maximum Gasteiger partial charge on any atom is 0.227 e. The van der Waals surface area contributed by atoms with Gasteiger partial charge < -0.3 is 20.1 Å². The molecule has 1 saturated heterocycles. The van der Waals surface area contributed by atoms with Crippen LogP contribution in [0.15, 0.2) is 36.7 Å². The van der Waals surface area contributed by atoms with Crippen LogP contribution in [0.1, 0.15) is 35.7 Å². The summed E-state index contributed by atoms with van der Waals surface area (Å²) in [7, 11) is 0. The maximum atomic E-state index is 9.92. The van der Waals surface area contributed by atoms with E-state index < -0.39 is 0 Å². The summed E-state index contributed by atoms with van der Waals surface area (Å²) >= 11 is 0. The number of aliphatic hydroxyl groups excluding tert-OH is 1. The lowest BCUT2D eigenvalue weighted by Gasteiger charge is -2.30. The van der Waals surface area contributed by atoms with Crippen molar-refractivity contribution in [2.24, 2.45) is 0 Å². The second-order valence-corrected chi connectivity index (χ2v) is 9.22. The highest BCUT2D eigenvalue weighted by molar-refractivity contribution is 5.71. The molecule has 0 radical (unpaired) electrons. The summed E-state index contributed by atoms with van der Waals surface area (Å²) < 4.78 is 5.45. The van der Waals surface area contributed by atoms with Crippen LogP contribution in [-0.4, -0.2) is 53.0 Å². The van der Waals surface area contributed by atoms with Gasteiger partial charge in [-0.3, -0.25) is 4.98 Å². The summed E-state index contributed by atoms with van der Waals surface area (Å²) in [6.07, 6.45) is 5.33. The molecule has 1 unspecified atom stereocenters. The smallest absolute Gasteiger partial charge is 0.227 e. The van der Waals surface area contributed by atoms with Crippen LogP contribution < -0.4 is 10.2 Å². The van der Waals surface area contributed by atoms with Gasteiger partial charge >= 0.3 is 0 Å². The van der Waals surface area contributed by atoms with Crippen LogP contribution in [0.4, 0.5) is 17.3 Å². The van der Waals surface area contributed by atoms with Crippen LogP contribution in [0.25, 0.3) is 11.3 Å². The molecule has 0 saturated carbocycles. The average Bonchev–Trinajstić information content (AvgIpc) is 3.22. The number of anilines is 3. The Morgan fingerprint density at radius 3 is 2.82 bits per heavy atom. The van der Waals surface area contributed by atoms with Crippen LogP contribution in [0.5, 0.6) is 0 Å². The lowest BCUT2D eigenvalue weighted by Crippen LogP contribution is -2.36. The minimum Gasteiger partial charge on any atom is -0.395 e. The fraction of sp³-hybridized carbons (Fsp3) is 0.385. The summed E-state index contributed by atoms with van der Waals surface area (Å²) in [5.74, 6) is 0.453. The molecule has 2 aliphatic rings. The molecule has 3 aromatic rings. The molecule has 0 bridgehead atoms. The predicted octanol–water partition coefficient (Wildman–Crippen LogP) is 3.50. The first kappa shape index (κ1) is 22.3. The van der Waals surface area contributed by atoms with Crippen molar-refractivity contribution in [1.29, 1.82) is 5.26 Å². The normalized spacial score (nSPS) is 19.5. The number of benzene rings is 1. The van der Waals surface area contributed by atoms with E-state index >= 15 is 0 Å². The van der Waals surface area contributed by atoms with Crippen molar-refractivity contribution in [2.45, 2.75) is 32.1 Å². The van der Waals surface area contributed by atoms with Gasteiger partial charge in [0.15, 0.2) is 0 Å². The molecule has 1 aliphatic carbocycles. The number of aromatic nitrogens is 3. The Hall–Kier alpha value is -3.54. The zero-order chi connectivity index (χ0) is 23.7. The largest absolute Gasteiger partial charge is 0.395 e. The van der Waals surface area contributed by atoms with E-state index in [2.05, 4.69) is 39.2 Å². The molecule has 3 heterocycles. The van der Waals surface area contributed by atoms with Crippen LogP contribution in [0, 0.1) is 18.3 Å². The summed E-state index contributed by atoms with van der Waals surface area (Å²) in [4.78, 5) is 15.9. The third-order valence-corrected chi connectivity index (χ3v) is 6.90. The van der Waals surface area contributed by atoms with E-state index in [0.717, 1.165) is 65.4 Å². The molecular weight excluding hydrogens is 428 g/mol. The van der Waals surface area contributed by atoms with Gasteiger partial charge in [0.1, 0.15) is 6.07 Å². The molecule has 1 fully saturated rings. The number of ether oxygens (including phenoxy) is 1. The third kappa shape index (κ3) is 4.09. The van der Waals surface area contributed by atoms with Crippen LogP contribution >= 0.6 is 0 Å². The van der Waals surface area contributed by atoms with Gasteiger partial charge in [0.05, 0.1) is 36.8 Å². The number of rotatable bonds is 5. The maximum absolute atomic E-state index is 9.92. The molecule has 2 aromatic heterocycles. The summed E-state index contributed by atoms with van der Waals surface area (Å²) in [5, 5.41) is 23.0. The number of hydrogen-bond donors (Lipinski definition) is 2. The summed E-state index contributed by atoms with van der Waals surface area (Å²) in [5.41, 5.74) is 6.86. The molecule has 0 amide bonds. The lowest BCUT2D eigenvalue weighted by atomic mass is 9.85. The number of aryl methyl sites for hydroxylation is 2.